The van der Waals surface area contributed by atoms with E-state index in [2.05, 4.69) is 4.99 Å². The van der Waals surface area contributed by atoms with Gasteiger partial charge in [0.1, 0.15) is 12.3 Å². The van der Waals surface area contributed by atoms with Gasteiger partial charge in [-0.15, -0.1) is 0 Å². The maximum absolute atomic E-state index is 12.6. The van der Waals surface area contributed by atoms with Gasteiger partial charge in [-0.3, -0.25) is 9.59 Å². The molecular formula is C21H21ClN2O4S. The van der Waals surface area contributed by atoms with Crippen molar-refractivity contribution in [2.45, 2.75) is 26.8 Å². The number of carbonyl (C=O) groups is 2. The number of amides is 1. The second kappa shape index (κ2) is 9.24. The Morgan fingerprint density at radius 2 is 2.00 bits per heavy atom. The molecule has 0 bridgehead atoms. The number of hydrogen-bond donors (Lipinski definition) is 0. The molecule has 0 radical (unpaired) electrons. The number of nitrogens with zero attached hydrogens (tertiary/aromatic N) is 2. The molecule has 3 rings (SSSR count). The second-order valence-corrected chi connectivity index (χ2v) is 7.82. The van der Waals surface area contributed by atoms with Gasteiger partial charge in [0.2, 0.25) is 0 Å². The van der Waals surface area contributed by atoms with E-state index in [1.165, 1.54) is 11.3 Å². The van der Waals surface area contributed by atoms with Crippen molar-refractivity contribution in [3.8, 4) is 5.75 Å². The molecule has 0 fully saturated rings. The van der Waals surface area contributed by atoms with E-state index in [9.17, 15) is 9.59 Å². The highest BCUT2D eigenvalue weighted by atomic mass is 35.5. The molecule has 29 heavy (non-hydrogen) atoms. The van der Waals surface area contributed by atoms with Crippen LogP contribution in [0.25, 0.3) is 10.2 Å². The fourth-order valence-corrected chi connectivity index (χ4v) is 4.31. The zero-order valence-corrected chi connectivity index (χ0v) is 18.0. The molecule has 152 valence electrons. The summed E-state index contributed by atoms with van der Waals surface area (Å²) in [4.78, 5) is 29.4. The first-order chi connectivity index (χ1) is 13.9. The summed E-state index contributed by atoms with van der Waals surface area (Å²) in [6, 6.07) is 10.9. The van der Waals surface area contributed by atoms with Crippen LogP contribution in [0.4, 0.5) is 0 Å². The SMILES string of the molecule is CCOC(=O)Cn1c(=NC(=O)Cc2ccc(OC)c(C)c2)sc2cc(Cl)ccc21. The van der Waals surface area contributed by atoms with E-state index in [1.807, 2.05) is 31.2 Å². The van der Waals surface area contributed by atoms with Crippen molar-refractivity contribution in [3.05, 3.63) is 57.3 Å². The predicted octanol–water partition coefficient (Wildman–Crippen LogP) is 3.91. The Bertz CT molecular complexity index is 1130. The van der Waals surface area contributed by atoms with Crippen LogP contribution in [0.2, 0.25) is 5.02 Å². The number of fused-ring (bicyclic) bond motifs is 1. The van der Waals surface area contributed by atoms with E-state index in [0.29, 0.717) is 9.82 Å². The molecule has 6 nitrogen and oxygen atoms in total. The molecule has 0 atom stereocenters. The van der Waals surface area contributed by atoms with Gasteiger partial charge < -0.3 is 14.0 Å². The standard InChI is InChI=1S/C21H21ClN2O4S/c1-4-28-20(26)12-24-16-7-6-15(22)11-18(16)29-21(24)23-19(25)10-14-5-8-17(27-3)13(2)9-14/h5-9,11H,4,10,12H2,1-3H3. The number of thiazole rings is 1. The van der Waals surface area contributed by atoms with E-state index in [1.54, 1.807) is 30.7 Å². The number of esters is 1. The highest BCUT2D eigenvalue weighted by Gasteiger charge is 2.13. The van der Waals surface area contributed by atoms with Crippen molar-refractivity contribution < 1.29 is 19.1 Å². The normalized spacial score (nSPS) is 11.7. The fraction of sp³-hybridized carbons (Fsp3) is 0.286. The van der Waals surface area contributed by atoms with Gasteiger partial charge in [-0.2, -0.15) is 4.99 Å². The minimum absolute atomic E-state index is 0.0246. The molecule has 1 amide bonds. The Morgan fingerprint density at radius 1 is 1.21 bits per heavy atom. The molecule has 1 aromatic heterocycles. The number of methoxy groups -OCH3 is 1. The monoisotopic (exact) mass is 432 g/mol. The van der Waals surface area contributed by atoms with Gasteiger partial charge in [0.05, 0.1) is 30.4 Å². The van der Waals surface area contributed by atoms with Crippen LogP contribution in [0.5, 0.6) is 5.75 Å². The molecule has 3 aromatic rings. The quantitative estimate of drug-likeness (QED) is 0.554. The van der Waals surface area contributed by atoms with Crippen LogP contribution >= 0.6 is 22.9 Å². The molecule has 0 unspecified atom stereocenters. The maximum atomic E-state index is 12.6. The molecule has 0 saturated heterocycles. The smallest absolute Gasteiger partial charge is 0.326 e. The van der Waals surface area contributed by atoms with Gasteiger partial charge in [-0.25, -0.2) is 0 Å². The molecule has 0 saturated carbocycles. The Balaban J connectivity index is 1.96. The third-order valence-electron chi connectivity index (χ3n) is 4.27. The molecule has 2 aromatic carbocycles. The molecule has 0 aliphatic rings. The van der Waals surface area contributed by atoms with E-state index >= 15 is 0 Å². The first-order valence-corrected chi connectivity index (χ1v) is 10.3. The van der Waals surface area contributed by atoms with Crippen molar-refractivity contribution in [2.24, 2.45) is 4.99 Å². The summed E-state index contributed by atoms with van der Waals surface area (Å²) < 4.78 is 12.8. The van der Waals surface area contributed by atoms with Crippen LogP contribution in [-0.2, 0) is 27.3 Å². The van der Waals surface area contributed by atoms with Crippen molar-refractivity contribution in [3.63, 3.8) is 0 Å². The van der Waals surface area contributed by atoms with Gasteiger partial charge in [0.15, 0.2) is 4.80 Å². The van der Waals surface area contributed by atoms with Crippen LogP contribution in [0.15, 0.2) is 41.4 Å². The molecule has 1 heterocycles. The highest BCUT2D eigenvalue weighted by molar-refractivity contribution is 7.16. The summed E-state index contributed by atoms with van der Waals surface area (Å²) in [5.41, 5.74) is 2.57. The molecule has 0 aliphatic carbocycles. The van der Waals surface area contributed by atoms with Crippen molar-refractivity contribution >= 4 is 45.0 Å². The Hall–Kier alpha value is -2.64. The van der Waals surface area contributed by atoms with E-state index < -0.39 is 0 Å². The number of aromatic nitrogens is 1. The predicted molar refractivity (Wildman–Crippen MR) is 113 cm³/mol. The topological polar surface area (TPSA) is 69.9 Å². The molecule has 0 N–H and O–H groups in total. The Morgan fingerprint density at radius 3 is 2.69 bits per heavy atom. The minimum atomic E-state index is -0.387. The average molecular weight is 433 g/mol. The second-order valence-electron chi connectivity index (χ2n) is 6.37. The van der Waals surface area contributed by atoms with Crippen LogP contribution in [0, 0.1) is 6.92 Å². The van der Waals surface area contributed by atoms with Gasteiger partial charge in [0, 0.05) is 5.02 Å². The van der Waals surface area contributed by atoms with Crippen LogP contribution in [0.3, 0.4) is 0 Å². The number of benzene rings is 2. The first-order valence-electron chi connectivity index (χ1n) is 9.07. The number of aryl methyl sites for hydroxylation is 1. The first kappa shape index (κ1) is 21.1. The molecular weight excluding hydrogens is 412 g/mol. The lowest BCUT2D eigenvalue weighted by molar-refractivity contribution is -0.143. The van der Waals surface area contributed by atoms with Crippen molar-refractivity contribution in [2.75, 3.05) is 13.7 Å². The third kappa shape index (κ3) is 5.05. The largest absolute Gasteiger partial charge is 0.496 e. The molecule has 8 heteroatoms. The third-order valence-corrected chi connectivity index (χ3v) is 5.55. The summed E-state index contributed by atoms with van der Waals surface area (Å²) in [5, 5.41) is 0.577. The summed E-state index contributed by atoms with van der Waals surface area (Å²) in [6.07, 6.45) is 0.152. The number of halogens is 1. The zero-order chi connectivity index (χ0) is 21.0. The number of rotatable bonds is 6. The number of hydrogen-bond acceptors (Lipinski definition) is 5. The summed E-state index contributed by atoms with van der Waals surface area (Å²) >= 11 is 7.40. The molecule has 0 spiro atoms. The highest BCUT2D eigenvalue weighted by Crippen LogP contribution is 2.22. The lowest BCUT2D eigenvalue weighted by atomic mass is 10.1. The lowest BCUT2D eigenvalue weighted by Gasteiger charge is -2.06. The van der Waals surface area contributed by atoms with Crippen LogP contribution in [-0.4, -0.2) is 30.2 Å². The van der Waals surface area contributed by atoms with Gasteiger partial charge in [0.25, 0.3) is 5.91 Å². The van der Waals surface area contributed by atoms with Gasteiger partial charge in [-0.05, 0) is 49.2 Å². The number of carbonyl (C=O) groups excluding carboxylic acids is 2. The summed E-state index contributed by atoms with van der Waals surface area (Å²) in [6.45, 7) is 3.94. The Kier molecular flexibility index (Phi) is 6.71. The summed E-state index contributed by atoms with van der Waals surface area (Å²) in [5.74, 6) is 0.0819. The van der Waals surface area contributed by atoms with Crippen molar-refractivity contribution in [1.29, 1.82) is 0 Å². The van der Waals surface area contributed by atoms with Gasteiger partial charge in [-0.1, -0.05) is 35.1 Å². The Labute approximate surface area is 177 Å². The van der Waals surface area contributed by atoms with Crippen LogP contribution in [0.1, 0.15) is 18.1 Å². The zero-order valence-electron chi connectivity index (χ0n) is 16.4. The number of ether oxygens (including phenoxy) is 2. The fourth-order valence-electron chi connectivity index (χ4n) is 2.99. The minimum Gasteiger partial charge on any atom is -0.496 e. The summed E-state index contributed by atoms with van der Waals surface area (Å²) in [7, 11) is 1.61. The average Bonchev–Trinajstić information content (AvgIpc) is 2.98. The maximum Gasteiger partial charge on any atom is 0.326 e. The van der Waals surface area contributed by atoms with Crippen LogP contribution < -0.4 is 9.54 Å². The van der Waals surface area contributed by atoms with E-state index in [-0.39, 0.29) is 31.4 Å². The lowest BCUT2D eigenvalue weighted by Crippen LogP contribution is -2.23. The van der Waals surface area contributed by atoms with E-state index in [4.69, 9.17) is 21.1 Å². The van der Waals surface area contributed by atoms with Crippen molar-refractivity contribution in [1.82, 2.24) is 4.57 Å². The van der Waals surface area contributed by atoms with E-state index in [0.717, 1.165) is 27.1 Å². The van der Waals surface area contributed by atoms with Gasteiger partial charge >= 0.3 is 5.97 Å². The molecule has 0 aliphatic heterocycles.